The number of ether oxygens (including phenoxy) is 1. The van der Waals surface area contributed by atoms with E-state index in [1.807, 2.05) is 6.07 Å². The lowest BCUT2D eigenvalue weighted by atomic mass is 10.2. The summed E-state index contributed by atoms with van der Waals surface area (Å²) in [4.78, 5) is 0. The van der Waals surface area contributed by atoms with Gasteiger partial charge in [0.2, 0.25) is 0 Å². The number of phenolic OH excluding ortho intramolecular Hbond substituents is 1. The van der Waals surface area contributed by atoms with Crippen molar-refractivity contribution in [2.45, 2.75) is 6.92 Å². The van der Waals surface area contributed by atoms with Crippen LogP contribution in [0.25, 0.3) is 0 Å². The molecular weight excluding hydrogens is 208 g/mol. The van der Waals surface area contributed by atoms with Crippen molar-refractivity contribution in [1.82, 2.24) is 0 Å². The maximum atomic E-state index is 9.30. The van der Waals surface area contributed by atoms with Gasteiger partial charge in [-0.25, -0.2) is 0 Å². The standard InChI is InChI=1S/C8H9BrO2/c1-5-7(10)3-6(9)4-8(5)11-2/h3-4,10H,1-2H3. The Morgan fingerprint density at radius 2 is 2.09 bits per heavy atom. The molecule has 0 fully saturated rings. The lowest BCUT2D eigenvalue weighted by Crippen LogP contribution is -1.86. The van der Waals surface area contributed by atoms with Gasteiger partial charge in [0.25, 0.3) is 0 Å². The molecule has 1 N–H and O–H groups in total. The molecule has 0 heterocycles. The van der Waals surface area contributed by atoms with E-state index in [-0.39, 0.29) is 5.75 Å². The molecule has 0 saturated heterocycles. The Balaban J connectivity index is 3.24. The number of methoxy groups -OCH3 is 1. The second kappa shape index (κ2) is 3.13. The van der Waals surface area contributed by atoms with Crippen LogP contribution in [0.4, 0.5) is 0 Å². The van der Waals surface area contributed by atoms with Crippen LogP contribution >= 0.6 is 15.9 Å². The van der Waals surface area contributed by atoms with Crippen LogP contribution in [0.5, 0.6) is 11.5 Å². The monoisotopic (exact) mass is 216 g/mol. The molecule has 3 heteroatoms. The number of aromatic hydroxyl groups is 1. The quantitative estimate of drug-likeness (QED) is 0.782. The first kappa shape index (κ1) is 8.40. The second-order valence-electron chi connectivity index (χ2n) is 2.25. The smallest absolute Gasteiger partial charge is 0.126 e. The SMILES string of the molecule is COc1cc(Br)cc(O)c1C. The van der Waals surface area contributed by atoms with E-state index in [0.717, 1.165) is 10.0 Å². The molecule has 60 valence electrons. The minimum absolute atomic E-state index is 0.247. The van der Waals surface area contributed by atoms with Gasteiger partial charge in [-0.1, -0.05) is 15.9 Å². The predicted molar refractivity (Wildman–Crippen MR) is 47.1 cm³/mol. The highest BCUT2D eigenvalue weighted by Crippen LogP contribution is 2.30. The fourth-order valence-corrected chi connectivity index (χ4v) is 1.28. The molecule has 0 aliphatic carbocycles. The van der Waals surface area contributed by atoms with Crippen LogP contribution in [0, 0.1) is 6.92 Å². The van der Waals surface area contributed by atoms with Gasteiger partial charge in [-0.3, -0.25) is 0 Å². The van der Waals surface area contributed by atoms with Crippen molar-refractivity contribution in [3.8, 4) is 11.5 Å². The summed E-state index contributed by atoms with van der Waals surface area (Å²) in [5.74, 6) is 0.938. The average molecular weight is 217 g/mol. The third-order valence-electron chi connectivity index (χ3n) is 1.52. The minimum atomic E-state index is 0.247. The molecular formula is C8H9BrO2. The molecule has 1 rings (SSSR count). The third kappa shape index (κ3) is 1.66. The predicted octanol–water partition coefficient (Wildman–Crippen LogP) is 2.47. The molecule has 0 atom stereocenters. The van der Waals surface area contributed by atoms with Gasteiger partial charge in [0.15, 0.2) is 0 Å². The van der Waals surface area contributed by atoms with Crippen LogP contribution in [0.15, 0.2) is 16.6 Å². The van der Waals surface area contributed by atoms with Gasteiger partial charge in [0, 0.05) is 10.0 Å². The van der Waals surface area contributed by atoms with Gasteiger partial charge < -0.3 is 9.84 Å². The van der Waals surface area contributed by atoms with E-state index in [0.29, 0.717) is 5.75 Å². The van der Waals surface area contributed by atoms with E-state index in [4.69, 9.17) is 4.74 Å². The molecule has 0 radical (unpaired) electrons. The average Bonchev–Trinajstić information content (AvgIpc) is 1.96. The van der Waals surface area contributed by atoms with Gasteiger partial charge in [-0.15, -0.1) is 0 Å². The van der Waals surface area contributed by atoms with Crippen molar-refractivity contribution in [3.05, 3.63) is 22.2 Å². The van der Waals surface area contributed by atoms with Crippen molar-refractivity contribution in [1.29, 1.82) is 0 Å². The molecule has 0 unspecified atom stereocenters. The van der Waals surface area contributed by atoms with Crippen LogP contribution in [0.1, 0.15) is 5.56 Å². The largest absolute Gasteiger partial charge is 0.508 e. The number of phenols is 1. The van der Waals surface area contributed by atoms with Crippen molar-refractivity contribution in [3.63, 3.8) is 0 Å². The third-order valence-corrected chi connectivity index (χ3v) is 1.98. The Morgan fingerprint density at radius 3 is 2.64 bits per heavy atom. The Bertz CT molecular complexity index is 271. The van der Waals surface area contributed by atoms with Crippen molar-refractivity contribution in [2.24, 2.45) is 0 Å². The van der Waals surface area contributed by atoms with Gasteiger partial charge >= 0.3 is 0 Å². The second-order valence-corrected chi connectivity index (χ2v) is 3.17. The summed E-state index contributed by atoms with van der Waals surface area (Å²) >= 11 is 3.25. The van der Waals surface area contributed by atoms with E-state index in [1.165, 1.54) is 0 Å². The lowest BCUT2D eigenvalue weighted by molar-refractivity contribution is 0.402. The molecule has 1 aromatic carbocycles. The van der Waals surface area contributed by atoms with E-state index >= 15 is 0 Å². The summed E-state index contributed by atoms with van der Waals surface area (Å²) in [5.41, 5.74) is 0.760. The number of hydrogen-bond acceptors (Lipinski definition) is 2. The van der Waals surface area contributed by atoms with E-state index in [2.05, 4.69) is 15.9 Å². The lowest BCUT2D eigenvalue weighted by Gasteiger charge is -2.06. The zero-order valence-electron chi connectivity index (χ0n) is 6.39. The molecule has 0 spiro atoms. The van der Waals surface area contributed by atoms with Crippen LogP contribution in [-0.2, 0) is 0 Å². The molecule has 0 saturated carbocycles. The van der Waals surface area contributed by atoms with Crippen LogP contribution in [-0.4, -0.2) is 12.2 Å². The summed E-state index contributed by atoms with van der Waals surface area (Å²) in [6.45, 7) is 1.81. The highest BCUT2D eigenvalue weighted by molar-refractivity contribution is 9.10. The number of rotatable bonds is 1. The fraction of sp³-hybridized carbons (Fsp3) is 0.250. The molecule has 0 bridgehead atoms. The van der Waals surface area contributed by atoms with E-state index < -0.39 is 0 Å². The summed E-state index contributed by atoms with van der Waals surface area (Å²) < 4.78 is 5.83. The summed E-state index contributed by atoms with van der Waals surface area (Å²) in [6.07, 6.45) is 0. The topological polar surface area (TPSA) is 29.5 Å². The highest BCUT2D eigenvalue weighted by Gasteiger charge is 2.04. The van der Waals surface area contributed by atoms with Crippen molar-refractivity contribution >= 4 is 15.9 Å². The number of halogens is 1. The maximum Gasteiger partial charge on any atom is 0.126 e. The molecule has 0 aliphatic heterocycles. The maximum absolute atomic E-state index is 9.30. The molecule has 1 aromatic rings. The molecule has 2 nitrogen and oxygen atoms in total. The minimum Gasteiger partial charge on any atom is -0.508 e. The Kier molecular flexibility index (Phi) is 2.39. The zero-order valence-corrected chi connectivity index (χ0v) is 7.97. The normalized spacial score (nSPS) is 9.73. The van der Waals surface area contributed by atoms with Crippen molar-refractivity contribution in [2.75, 3.05) is 7.11 Å². The van der Waals surface area contributed by atoms with Crippen molar-refractivity contribution < 1.29 is 9.84 Å². The van der Waals surface area contributed by atoms with E-state index in [9.17, 15) is 5.11 Å². The summed E-state index contributed by atoms with van der Waals surface area (Å²) in [6, 6.07) is 3.45. The number of benzene rings is 1. The molecule has 0 aliphatic rings. The fourth-order valence-electron chi connectivity index (χ4n) is 0.852. The van der Waals surface area contributed by atoms with E-state index in [1.54, 1.807) is 20.1 Å². The van der Waals surface area contributed by atoms with Gasteiger partial charge in [-0.2, -0.15) is 0 Å². The molecule has 0 aromatic heterocycles. The summed E-state index contributed by atoms with van der Waals surface area (Å²) in [7, 11) is 1.58. The van der Waals surface area contributed by atoms with Crippen LogP contribution < -0.4 is 4.74 Å². The first-order valence-electron chi connectivity index (χ1n) is 3.18. The highest BCUT2D eigenvalue weighted by atomic mass is 79.9. The van der Waals surface area contributed by atoms with Gasteiger partial charge in [0.05, 0.1) is 7.11 Å². The molecule has 0 amide bonds. The Labute approximate surface area is 73.9 Å². The summed E-state index contributed by atoms with van der Waals surface area (Å²) in [5, 5.41) is 9.30. The molecule has 11 heavy (non-hydrogen) atoms. The van der Waals surface area contributed by atoms with Crippen LogP contribution in [0.2, 0.25) is 0 Å². The van der Waals surface area contributed by atoms with Gasteiger partial charge in [0.1, 0.15) is 11.5 Å². The number of hydrogen-bond donors (Lipinski definition) is 1. The Morgan fingerprint density at radius 1 is 1.45 bits per heavy atom. The zero-order chi connectivity index (χ0) is 8.43. The Hall–Kier alpha value is -0.700. The first-order valence-corrected chi connectivity index (χ1v) is 3.97. The van der Waals surface area contributed by atoms with Gasteiger partial charge in [-0.05, 0) is 19.1 Å². The first-order chi connectivity index (χ1) is 5.15. The van der Waals surface area contributed by atoms with Crippen LogP contribution in [0.3, 0.4) is 0 Å².